The Bertz CT molecular complexity index is 824. The highest BCUT2D eigenvalue weighted by Crippen LogP contribution is 2.17. The van der Waals surface area contributed by atoms with E-state index in [1.165, 1.54) is 0 Å². The first-order chi connectivity index (χ1) is 10.7. The van der Waals surface area contributed by atoms with Gasteiger partial charge in [-0.2, -0.15) is 0 Å². The van der Waals surface area contributed by atoms with Gasteiger partial charge in [0.15, 0.2) is 0 Å². The van der Waals surface area contributed by atoms with Crippen LogP contribution in [0.5, 0.6) is 5.75 Å². The van der Waals surface area contributed by atoms with Crippen molar-refractivity contribution in [1.29, 1.82) is 0 Å². The second-order valence-electron chi connectivity index (χ2n) is 5.09. The molecule has 1 N–H and O–H groups in total. The van der Waals surface area contributed by atoms with Gasteiger partial charge in [-0.25, -0.2) is 4.98 Å². The molecule has 22 heavy (non-hydrogen) atoms. The Labute approximate surface area is 128 Å². The maximum Gasteiger partial charge on any atom is 0.271 e. The van der Waals surface area contributed by atoms with Crippen LogP contribution in [0.1, 0.15) is 21.6 Å². The third kappa shape index (κ3) is 2.79. The molecule has 0 aliphatic heterocycles. The number of amides is 1. The number of para-hydroxylation sites is 1. The van der Waals surface area contributed by atoms with Gasteiger partial charge in [0.2, 0.25) is 0 Å². The molecular formula is C17H17N3O2. The Morgan fingerprint density at radius 3 is 2.95 bits per heavy atom. The van der Waals surface area contributed by atoms with E-state index < -0.39 is 0 Å². The number of rotatable bonds is 4. The van der Waals surface area contributed by atoms with Crippen LogP contribution in [0, 0.1) is 6.92 Å². The number of fused-ring (bicyclic) bond motifs is 1. The molecule has 2 aromatic heterocycles. The molecule has 5 heteroatoms. The Morgan fingerprint density at radius 1 is 1.32 bits per heavy atom. The van der Waals surface area contributed by atoms with Gasteiger partial charge in [0.05, 0.1) is 7.11 Å². The fourth-order valence-corrected chi connectivity index (χ4v) is 2.31. The first kappa shape index (κ1) is 14.1. The third-order valence-corrected chi connectivity index (χ3v) is 3.48. The number of methoxy groups -OCH3 is 1. The SMILES string of the molecule is COc1ccccc1CNC(=O)c1cn2ccc(C)cc2n1. The third-order valence-electron chi connectivity index (χ3n) is 3.48. The van der Waals surface area contributed by atoms with Gasteiger partial charge in [0, 0.05) is 24.5 Å². The summed E-state index contributed by atoms with van der Waals surface area (Å²) in [5.41, 5.74) is 3.21. The summed E-state index contributed by atoms with van der Waals surface area (Å²) < 4.78 is 7.11. The molecule has 0 saturated carbocycles. The maximum absolute atomic E-state index is 12.2. The fraction of sp³-hybridized carbons (Fsp3) is 0.176. The van der Waals surface area contributed by atoms with Gasteiger partial charge in [-0.15, -0.1) is 0 Å². The fourth-order valence-electron chi connectivity index (χ4n) is 2.31. The molecule has 0 aliphatic rings. The number of imidazole rings is 1. The highest BCUT2D eigenvalue weighted by molar-refractivity contribution is 5.92. The normalized spacial score (nSPS) is 10.6. The van der Waals surface area contributed by atoms with Crippen LogP contribution in [-0.4, -0.2) is 22.4 Å². The van der Waals surface area contributed by atoms with Gasteiger partial charge in [-0.05, 0) is 30.7 Å². The van der Waals surface area contributed by atoms with E-state index in [9.17, 15) is 4.79 Å². The summed E-state index contributed by atoms with van der Waals surface area (Å²) in [7, 11) is 1.62. The van der Waals surface area contributed by atoms with Crippen LogP contribution in [0.25, 0.3) is 5.65 Å². The number of benzene rings is 1. The lowest BCUT2D eigenvalue weighted by molar-refractivity contribution is 0.0946. The average molecular weight is 295 g/mol. The van der Waals surface area contributed by atoms with Crippen molar-refractivity contribution < 1.29 is 9.53 Å². The standard InChI is InChI=1S/C17H17N3O2/c1-12-7-8-20-11-14(19-16(20)9-12)17(21)18-10-13-5-3-4-6-15(13)22-2/h3-9,11H,10H2,1-2H3,(H,18,21). The molecule has 5 nitrogen and oxygen atoms in total. The molecule has 3 rings (SSSR count). The van der Waals surface area contributed by atoms with Gasteiger partial charge in [0.25, 0.3) is 5.91 Å². The minimum Gasteiger partial charge on any atom is -0.496 e. The smallest absolute Gasteiger partial charge is 0.271 e. The van der Waals surface area contributed by atoms with Crippen molar-refractivity contribution in [2.24, 2.45) is 0 Å². The van der Waals surface area contributed by atoms with E-state index in [-0.39, 0.29) is 5.91 Å². The zero-order chi connectivity index (χ0) is 15.5. The summed E-state index contributed by atoms with van der Waals surface area (Å²) in [5, 5.41) is 2.87. The predicted octanol–water partition coefficient (Wildman–Crippen LogP) is 2.58. The molecule has 3 aromatic rings. The van der Waals surface area contributed by atoms with Crippen LogP contribution < -0.4 is 10.1 Å². The molecule has 1 amide bonds. The Balaban J connectivity index is 1.76. The largest absolute Gasteiger partial charge is 0.496 e. The number of hydrogen-bond acceptors (Lipinski definition) is 3. The van der Waals surface area contributed by atoms with Crippen molar-refractivity contribution in [1.82, 2.24) is 14.7 Å². The van der Waals surface area contributed by atoms with E-state index in [0.29, 0.717) is 12.2 Å². The van der Waals surface area contributed by atoms with Gasteiger partial charge >= 0.3 is 0 Å². The lowest BCUT2D eigenvalue weighted by Gasteiger charge is -2.08. The Hall–Kier alpha value is -2.82. The quantitative estimate of drug-likeness (QED) is 0.805. The number of aromatic nitrogens is 2. The van der Waals surface area contributed by atoms with Crippen LogP contribution in [-0.2, 0) is 6.54 Å². The molecule has 112 valence electrons. The first-order valence-electron chi connectivity index (χ1n) is 7.03. The molecule has 1 aromatic carbocycles. The highest BCUT2D eigenvalue weighted by atomic mass is 16.5. The summed E-state index contributed by atoms with van der Waals surface area (Å²) in [4.78, 5) is 16.6. The Morgan fingerprint density at radius 2 is 2.14 bits per heavy atom. The lowest BCUT2D eigenvalue weighted by Crippen LogP contribution is -2.23. The van der Waals surface area contributed by atoms with Crippen LogP contribution in [0.3, 0.4) is 0 Å². The highest BCUT2D eigenvalue weighted by Gasteiger charge is 2.11. The Kier molecular flexibility index (Phi) is 3.78. The summed E-state index contributed by atoms with van der Waals surface area (Å²) >= 11 is 0. The molecule has 0 saturated heterocycles. The van der Waals surface area contributed by atoms with Gasteiger partial charge in [-0.3, -0.25) is 4.79 Å². The molecule has 0 unspecified atom stereocenters. The lowest BCUT2D eigenvalue weighted by atomic mass is 10.2. The summed E-state index contributed by atoms with van der Waals surface area (Å²) in [6, 6.07) is 11.5. The van der Waals surface area contributed by atoms with Crippen LogP contribution in [0.4, 0.5) is 0 Å². The maximum atomic E-state index is 12.2. The van der Waals surface area contributed by atoms with E-state index in [4.69, 9.17) is 4.74 Å². The van der Waals surface area contributed by atoms with Crippen molar-refractivity contribution in [3.63, 3.8) is 0 Å². The van der Waals surface area contributed by atoms with Gasteiger partial charge in [0.1, 0.15) is 17.1 Å². The van der Waals surface area contributed by atoms with E-state index in [1.807, 2.05) is 53.9 Å². The second-order valence-corrected chi connectivity index (χ2v) is 5.09. The average Bonchev–Trinajstić information content (AvgIpc) is 2.96. The minimum absolute atomic E-state index is 0.202. The molecule has 0 aliphatic carbocycles. The van der Waals surface area contributed by atoms with Crippen molar-refractivity contribution in [3.05, 3.63) is 65.6 Å². The van der Waals surface area contributed by atoms with Crippen LogP contribution in [0.2, 0.25) is 0 Å². The molecular weight excluding hydrogens is 278 g/mol. The predicted molar refractivity (Wildman–Crippen MR) is 84.1 cm³/mol. The number of aryl methyl sites for hydroxylation is 1. The molecule has 0 atom stereocenters. The van der Waals surface area contributed by atoms with Crippen molar-refractivity contribution in [2.75, 3.05) is 7.11 Å². The monoisotopic (exact) mass is 295 g/mol. The molecule has 0 fully saturated rings. The number of hydrogen-bond donors (Lipinski definition) is 1. The van der Waals surface area contributed by atoms with Crippen molar-refractivity contribution in [2.45, 2.75) is 13.5 Å². The minimum atomic E-state index is -0.202. The molecule has 0 radical (unpaired) electrons. The number of carbonyl (C=O) groups is 1. The van der Waals surface area contributed by atoms with Crippen LogP contribution in [0.15, 0.2) is 48.8 Å². The summed E-state index contributed by atoms with van der Waals surface area (Å²) in [6.07, 6.45) is 3.63. The molecule has 0 bridgehead atoms. The number of nitrogens with one attached hydrogen (secondary N) is 1. The second kappa shape index (κ2) is 5.89. The van der Waals surface area contributed by atoms with Gasteiger partial charge in [-0.1, -0.05) is 18.2 Å². The number of pyridine rings is 1. The van der Waals surface area contributed by atoms with Crippen LogP contribution >= 0.6 is 0 Å². The van der Waals surface area contributed by atoms with E-state index in [1.54, 1.807) is 13.3 Å². The van der Waals surface area contributed by atoms with Crippen molar-refractivity contribution >= 4 is 11.6 Å². The summed E-state index contributed by atoms with van der Waals surface area (Å²) in [6.45, 7) is 2.39. The topological polar surface area (TPSA) is 55.6 Å². The van der Waals surface area contributed by atoms with Crippen molar-refractivity contribution in [3.8, 4) is 5.75 Å². The zero-order valence-corrected chi connectivity index (χ0v) is 12.5. The molecule has 0 spiro atoms. The summed E-state index contributed by atoms with van der Waals surface area (Å²) in [5.74, 6) is 0.556. The number of ether oxygens (including phenoxy) is 1. The molecule has 2 heterocycles. The van der Waals surface area contributed by atoms with E-state index in [2.05, 4.69) is 10.3 Å². The van der Waals surface area contributed by atoms with E-state index in [0.717, 1.165) is 22.5 Å². The number of carbonyl (C=O) groups excluding carboxylic acids is 1. The van der Waals surface area contributed by atoms with Gasteiger partial charge < -0.3 is 14.5 Å². The van der Waals surface area contributed by atoms with E-state index >= 15 is 0 Å². The number of nitrogens with zero attached hydrogens (tertiary/aromatic N) is 2. The first-order valence-corrected chi connectivity index (χ1v) is 7.03. The zero-order valence-electron chi connectivity index (χ0n) is 12.5.